The van der Waals surface area contributed by atoms with Gasteiger partial charge in [-0.1, -0.05) is 23.4 Å². The van der Waals surface area contributed by atoms with E-state index in [1.807, 2.05) is 0 Å². The molecule has 9 heteroatoms. The van der Waals surface area contributed by atoms with Gasteiger partial charge in [-0.3, -0.25) is 14.5 Å². The van der Waals surface area contributed by atoms with Gasteiger partial charge in [0.25, 0.3) is 0 Å². The highest BCUT2D eigenvalue weighted by Gasteiger charge is 2.35. The first-order chi connectivity index (χ1) is 12.4. The Morgan fingerprint density at radius 2 is 2.19 bits per heavy atom. The van der Waals surface area contributed by atoms with Crippen molar-refractivity contribution in [2.24, 2.45) is 0 Å². The number of nitrogens with zero attached hydrogens (tertiary/aromatic N) is 1. The first-order valence-corrected chi connectivity index (χ1v) is 9.21. The normalized spacial score (nSPS) is 16.5. The predicted molar refractivity (Wildman–Crippen MR) is 100 cm³/mol. The molecule has 1 aliphatic rings. The molecule has 1 fully saturated rings. The van der Waals surface area contributed by atoms with Gasteiger partial charge in [-0.05, 0) is 32.0 Å². The molecular weight excluding hydrogens is 380 g/mol. The van der Waals surface area contributed by atoms with Gasteiger partial charge >= 0.3 is 5.97 Å². The zero-order chi connectivity index (χ0) is 19.3. The highest BCUT2D eigenvalue weighted by atomic mass is 35.5. The van der Waals surface area contributed by atoms with Crippen molar-refractivity contribution in [2.45, 2.75) is 19.9 Å². The molecule has 1 heterocycles. The monoisotopic (exact) mass is 398 g/mol. The lowest BCUT2D eigenvalue weighted by Crippen LogP contribution is -2.42. The Labute approximate surface area is 160 Å². The summed E-state index contributed by atoms with van der Waals surface area (Å²) in [5.74, 6) is -0.649. The number of carbonyl (C=O) groups is 3. The summed E-state index contributed by atoms with van der Waals surface area (Å²) in [6.07, 6.45) is 1.23. The Balaban J connectivity index is 2.19. The number of methoxy groups -OCH3 is 1. The van der Waals surface area contributed by atoms with E-state index in [2.05, 4.69) is 5.32 Å². The third kappa shape index (κ3) is 4.70. The highest BCUT2D eigenvalue weighted by Crippen LogP contribution is 2.32. The number of amides is 2. The lowest BCUT2D eigenvalue weighted by molar-refractivity contribution is -0.137. The fourth-order valence-corrected chi connectivity index (χ4v) is 3.49. The van der Waals surface area contributed by atoms with Crippen molar-refractivity contribution in [2.75, 3.05) is 24.8 Å². The molecule has 1 atom stereocenters. The summed E-state index contributed by atoms with van der Waals surface area (Å²) >= 11 is 7.15. The van der Waals surface area contributed by atoms with Gasteiger partial charge in [0.05, 0.1) is 36.3 Å². The minimum absolute atomic E-state index is 0.156. The second kappa shape index (κ2) is 8.95. The number of hydrogen-bond acceptors (Lipinski definition) is 6. The Kier molecular flexibility index (Phi) is 6.93. The second-order valence-electron chi connectivity index (χ2n) is 5.30. The summed E-state index contributed by atoms with van der Waals surface area (Å²) in [4.78, 5) is 37.8. The average molecular weight is 399 g/mol. The molecule has 1 saturated heterocycles. The number of halogens is 1. The molecule has 0 aromatic heterocycles. The first-order valence-electron chi connectivity index (χ1n) is 7.85. The van der Waals surface area contributed by atoms with E-state index in [-0.39, 0.29) is 18.3 Å². The lowest BCUT2D eigenvalue weighted by atomic mass is 10.2. The van der Waals surface area contributed by atoms with E-state index in [1.54, 1.807) is 32.0 Å². The predicted octanol–water partition coefficient (Wildman–Crippen LogP) is 2.66. The molecule has 2 rings (SSSR count). The molecule has 0 saturated carbocycles. The van der Waals surface area contributed by atoms with Gasteiger partial charge in [0.2, 0.25) is 11.8 Å². The molecule has 0 radical (unpaired) electrons. The van der Waals surface area contributed by atoms with E-state index in [1.165, 1.54) is 29.8 Å². The Morgan fingerprint density at radius 1 is 1.46 bits per heavy atom. The highest BCUT2D eigenvalue weighted by molar-refractivity contribution is 8.04. The molecule has 0 spiro atoms. The van der Waals surface area contributed by atoms with Crippen LogP contribution in [0.4, 0.5) is 5.69 Å². The Bertz CT molecular complexity index is 753. The number of hydrogen-bond donors (Lipinski definition) is 1. The summed E-state index contributed by atoms with van der Waals surface area (Å²) in [5.41, 5.74) is 0.395. The molecule has 0 aliphatic carbocycles. The van der Waals surface area contributed by atoms with Crippen LogP contribution in [-0.4, -0.2) is 48.2 Å². The van der Waals surface area contributed by atoms with Crippen molar-refractivity contribution >= 4 is 46.8 Å². The minimum atomic E-state index is -0.832. The lowest BCUT2D eigenvalue weighted by Gasteiger charge is -2.24. The van der Waals surface area contributed by atoms with E-state index in [4.69, 9.17) is 21.1 Å². The zero-order valence-corrected chi connectivity index (χ0v) is 16.1. The van der Waals surface area contributed by atoms with Crippen LogP contribution in [0, 0.1) is 0 Å². The number of thioether (sulfide) groups is 1. The molecule has 1 aromatic rings. The summed E-state index contributed by atoms with van der Waals surface area (Å²) in [5, 5.41) is 3.52. The number of benzene rings is 1. The summed E-state index contributed by atoms with van der Waals surface area (Å²) in [7, 11) is 1.48. The number of carbonyl (C=O) groups excluding carboxylic acids is 3. The van der Waals surface area contributed by atoms with Gasteiger partial charge < -0.3 is 14.8 Å². The molecular formula is C17H19ClN2O5S. The molecule has 0 bridgehead atoms. The number of rotatable bonds is 6. The maximum atomic E-state index is 12.6. The molecule has 1 aliphatic heterocycles. The third-order valence-electron chi connectivity index (χ3n) is 3.56. The zero-order valence-electron chi connectivity index (χ0n) is 14.6. The molecule has 0 unspecified atom stereocenters. The van der Waals surface area contributed by atoms with E-state index in [0.29, 0.717) is 21.5 Å². The van der Waals surface area contributed by atoms with Crippen molar-refractivity contribution in [3.05, 3.63) is 34.3 Å². The van der Waals surface area contributed by atoms with Crippen molar-refractivity contribution in [1.82, 2.24) is 4.90 Å². The van der Waals surface area contributed by atoms with E-state index in [0.717, 1.165) is 0 Å². The summed E-state index contributed by atoms with van der Waals surface area (Å²) in [6, 6.07) is 3.99. The maximum absolute atomic E-state index is 12.6. The maximum Gasteiger partial charge on any atom is 0.333 e. The van der Waals surface area contributed by atoms with Crippen molar-refractivity contribution in [3.8, 4) is 5.75 Å². The number of ether oxygens (including phenoxy) is 2. The van der Waals surface area contributed by atoms with Crippen LogP contribution in [0.15, 0.2) is 29.3 Å². The first kappa shape index (κ1) is 20.1. The van der Waals surface area contributed by atoms with Crippen LogP contribution >= 0.6 is 23.4 Å². The van der Waals surface area contributed by atoms with Crippen LogP contribution in [0.25, 0.3) is 0 Å². The summed E-state index contributed by atoms with van der Waals surface area (Å²) in [6.45, 7) is 3.50. The third-order valence-corrected chi connectivity index (χ3v) is 4.80. The molecule has 140 valence electrons. The molecule has 1 N–H and O–H groups in total. The van der Waals surface area contributed by atoms with Crippen molar-refractivity contribution in [1.29, 1.82) is 0 Å². The van der Waals surface area contributed by atoms with Gasteiger partial charge in [0.1, 0.15) is 11.8 Å². The van der Waals surface area contributed by atoms with Crippen LogP contribution < -0.4 is 10.1 Å². The van der Waals surface area contributed by atoms with Crippen LogP contribution in [0.3, 0.4) is 0 Å². The minimum Gasteiger partial charge on any atom is -0.495 e. The van der Waals surface area contributed by atoms with Gasteiger partial charge in [-0.2, -0.15) is 0 Å². The largest absolute Gasteiger partial charge is 0.495 e. The van der Waals surface area contributed by atoms with Gasteiger partial charge in [-0.15, -0.1) is 0 Å². The van der Waals surface area contributed by atoms with Crippen molar-refractivity contribution in [3.63, 3.8) is 0 Å². The van der Waals surface area contributed by atoms with Gasteiger partial charge in [0, 0.05) is 5.02 Å². The number of esters is 1. The fraction of sp³-hybridized carbons (Fsp3) is 0.353. The average Bonchev–Trinajstić information content (AvgIpc) is 2.94. The second-order valence-corrected chi connectivity index (χ2v) is 6.73. The topological polar surface area (TPSA) is 84.9 Å². The Hall–Kier alpha value is -2.19. The number of anilines is 1. The SMILES string of the molecule is CCOC(=O)/C=C1\SCC(=O)N1[C@H](C)C(=O)Nc1cc(Cl)ccc1OC. The fourth-order valence-electron chi connectivity index (χ4n) is 2.33. The van der Waals surface area contributed by atoms with Crippen LogP contribution in [0.1, 0.15) is 13.8 Å². The Morgan fingerprint density at radius 3 is 2.85 bits per heavy atom. The van der Waals surface area contributed by atoms with Crippen LogP contribution in [-0.2, 0) is 19.1 Å². The standard InChI is InChI=1S/C17H19ClN2O5S/c1-4-25-16(22)8-15-20(14(21)9-26-15)10(2)17(23)19-12-7-11(18)5-6-13(12)24-3/h5-8,10H,4,9H2,1-3H3,(H,19,23)/b15-8-/t10-/m1/s1. The van der Waals surface area contributed by atoms with E-state index >= 15 is 0 Å². The quantitative estimate of drug-likeness (QED) is 0.585. The number of nitrogens with one attached hydrogen (secondary N) is 1. The van der Waals surface area contributed by atoms with Crippen LogP contribution in [0.2, 0.25) is 5.02 Å². The van der Waals surface area contributed by atoms with Gasteiger partial charge in [-0.25, -0.2) is 4.79 Å². The smallest absolute Gasteiger partial charge is 0.333 e. The van der Waals surface area contributed by atoms with Crippen molar-refractivity contribution < 1.29 is 23.9 Å². The molecule has 26 heavy (non-hydrogen) atoms. The van der Waals surface area contributed by atoms with E-state index in [9.17, 15) is 14.4 Å². The molecule has 2 amide bonds. The van der Waals surface area contributed by atoms with E-state index < -0.39 is 17.9 Å². The molecule has 1 aromatic carbocycles. The van der Waals surface area contributed by atoms with Crippen LogP contribution in [0.5, 0.6) is 5.75 Å². The van der Waals surface area contributed by atoms with Gasteiger partial charge in [0.15, 0.2) is 0 Å². The summed E-state index contributed by atoms with van der Waals surface area (Å²) < 4.78 is 10.1. The molecule has 7 nitrogen and oxygen atoms in total.